The molecule has 0 aromatic carbocycles. The summed E-state index contributed by atoms with van der Waals surface area (Å²) < 4.78 is 10.1. The molecule has 8 N–H and O–H groups in total. The highest BCUT2D eigenvalue weighted by atomic mass is 16.7. The predicted octanol–water partition coefficient (Wildman–Crippen LogP) is -5.55. The molecule has 0 spiro atoms. The molecule has 1 aliphatic rings. The van der Waals surface area contributed by atoms with Gasteiger partial charge in [-0.3, -0.25) is 0 Å². The van der Waals surface area contributed by atoms with Crippen molar-refractivity contribution in [1.82, 2.24) is 0 Å². The molecular formula is C12H22O11. The zero-order valence-electron chi connectivity index (χ0n) is 12.0. The summed E-state index contributed by atoms with van der Waals surface area (Å²) in [6.07, 6.45) is -15.1. The molecule has 0 aromatic heterocycles. The van der Waals surface area contributed by atoms with E-state index in [4.69, 9.17) is 19.7 Å². The molecule has 1 heterocycles. The fraction of sp³-hybridized carbons (Fsp3) is 0.917. The van der Waals surface area contributed by atoms with Gasteiger partial charge >= 0.3 is 0 Å². The van der Waals surface area contributed by atoms with Crippen LogP contribution >= 0.6 is 0 Å². The molecule has 0 saturated carbocycles. The van der Waals surface area contributed by atoms with Crippen LogP contribution < -0.4 is 0 Å². The standard InChI is InChI=1S/C12H22O11/c13-1-4(16)7(18)8(19)6(3-15)22-12-10(21)9(20)11(23-12)5(17)2-14/h1,4-12,14-21H,2-3H2/t4-,5-,6+,7+,8-,9+,10+,11-,12-/m0/s1. The first-order chi connectivity index (χ1) is 10.8. The lowest BCUT2D eigenvalue weighted by atomic mass is 10.0. The van der Waals surface area contributed by atoms with Gasteiger partial charge in [-0.2, -0.15) is 0 Å². The molecule has 1 saturated heterocycles. The number of hydrogen-bond donors (Lipinski definition) is 8. The predicted molar refractivity (Wildman–Crippen MR) is 69.8 cm³/mol. The minimum Gasteiger partial charge on any atom is -0.394 e. The molecule has 23 heavy (non-hydrogen) atoms. The third-order valence-electron chi connectivity index (χ3n) is 3.53. The van der Waals surface area contributed by atoms with Crippen molar-refractivity contribution in [3.63, 3.8) is 0 Å². The molecule has 11 heteroatoms. The van der Waals surface area contributed by atoms with Crippen LogP contribution in [0.4, 0.5) is 0 Å². The van der Waals surface area contributed by atoms with Crippen LogP contribution in [0.25, 0.3) is 0 Å². The highest BCUT2D eigenvalue weighted by Gasteiger charge is 2.48. The SMILES string of the molecule is O=C[C@H](O)[C@@H](O)[C@@H](O)[C@@H](CO)O[C@H]1O[C@@H]([C@@H](O)CO)[C@H](O)[C@H]1O. The van der Waals surface area contributed by atoms with Crippen LogP contribution in [0.15, 0.2) is 0 Å². The Hall–Kier alpha value is -0.730. The fourth-order valence-electron chi connectivity index (χ4n) is 2.11. The normalized spacial score (nSPS) is 34.6. The van der Waals surface area contributed by atoms with Crippen LogP contribution in [0, 0.1) is 0 Å². The van der Waals surface area contributed by atoms with Gasteiger partial charge in [-0.1, -0.05) is 0 Å². The Balaban J connectivity index is 2.73. The van der Waals surface area contributed by atoms with E-state index < -0.39 is 68.3 Å². The molecule has 0 aliphatic carbocycles. The molecule has 1 fully saturated rings. The molecule has 9 atom stereocenters. The van der Waals surface area contributed by atoms with Crippen molar-refractivity contribution in [2.45, 2.75) is 55.1 Å². The lowest BCUT2D eigenvalue weighted by Gasteiger charge is -2.29. The molecular weight excluding hydrogens is 320 g/mol. The second-order valence-corrected chi connectivity index (χ2v) is 5.17. The van der Waals surface area contributed by atoms with E-state index in [1.54, 1.807) is 0 Å². The van der Waals surface area contributed by atoms with Crippen LogP contribution in [-0.4, -0.2) is 115 Å². The van der Waals surface area contributed by atoms with E-state index in [2.05, 4.69) is 0 Å². The molecule has 0 unspecified atom stereocenters. The fourth-order valence-corrected chi connectivity index (χ4v) is 2.11. The van der Waals surface area contributed by atoms with E-state index in [0.717, 1.165) is 0 Å². The Morgan fingerprint density at radius 3 is 2.09 bits per heavy atom. The van der Waals surface area contributed by atoms with Gasteiger partial charge < -0.3 is 55.1 Å². The van der Waals surface area contributed by atoms with Crippen LogP contribution in [0.5, 0.6) is 0 Å². The topological polar surface area (TPSA) is 197 Å². The van der Waals surface area contributed by atoms with Gasteiger partial charge in [0.1, 0.15) is 48.8 Å². The second kappa shape index (κ2) is 8.94. The van der Waals surface area contributed by atoms with Crippen molar-refractivity contribution in [2.75, 3.05) is 13.2 Å². The van der Waals surface area contributed by atoms with E-state index >= 15 is 0 Å². The van der Waals surface area contributed by atoms with Crippen molar-refractivity contribution in [2.24, 2.45) is 0 Å². The zero-order chi connectivity index (χ0) is 17.7. The minimum absolute atomic E-state index is 0.0272. The molecule has 0 aromatic rings. The number of ether oxygens (including phenoxy) is 2. The van der Waals surface area contributed by atoms with Gasteiger partial charge in [0.2, 0.25) is 0 Å². The number of aliphatic hydroxyl groups is 8. The second-order valence-electron chi connectivity index (χ2n) is 5.17. The first kappa shape index (κ1) is 20.3. The zero-order valence-corrected chi connectivity index (χ0v) is 12.0. The maximum absolute atomic E-state index is 10.4. The van der Waals surface area contributed by atoms with Crippen LogP contribution in [0.1, 0.15) is 0 Å². The Labute approximate surface area is 130 Å². The monoisotopic (exact) mass is 342 g/mol. The van der Waals surface area contributed by atoms with Crippen molar-refractivity contribution >= 4 is 6.29 Å². The van der Waals surface area contributed by atoms with E-state index in [1.165, 1.54) is 0 Å². The Bertz CT molecular complexity index is 367. The summed E-state index contributed by atoms with van der Waals surface area (Å²) in [5.74, 6) is 0. The Kier molecular flexibility index (Phi) is 7.89. The van der Waals surface area contributed by atoms with Gasteiger partial charge in [0.25, 0.3) is 0 Å². The van der Waals surface area contributed by atoms with Crippen LogP contribution in [-0.2, 0) is 14.3 Å². The third-order valence-corrected chi connectivity index (χ3v) is 3.53. The van der Waals surface area contributed by atoms with Gasteiger partial charge in [0.05, 0.1) is 13.2 Å². The van der Waals surface area contributed by atoms with Gasteiger partial charge in [-0.15, -0.1) is 0 Å². The van der Waals surface area contributed by atoms with Gasteiger partial charge in [0.15, 0.2) is 12.6 Å². The van der Waals surface area contributed by atoms with E-state index in [9.17, 15) is 35.4 Å². The van der Waals surface area contributed by atoms with Crippen molar-refractivity contribution in [3.8, 4) is 0 Å². The number of hydrogen-bond acceptors (Lipinski definition) is 11. The lowest BCUT2D eigenvalue weighted by molar-refractivity contribution is -0.235. The van der Waals surface area contributed by atoms with Crippen molar-refractivity contribution < 1.29 is 55.1 Å². The summed E-state index contributed by atoms with van der Waals surface area (Å²) in [5, 5.41) is 75.3. The van der Waals surface area contributed by atoms with Crippen LogP contribution in [0.2, 0.25) is 0 Å². The van der Waals surface area contributed by atoms with Gasteiger partial charge in [-0.05, 0) is 0 Å². The van der Waals surface area contributed by atoms with Gasteiger partial charge in [0, 0.05) is 0 Å². The smallest absolute Gasteiger partial charge is 0.187 e. The molecule has 0 bridgehead atoms. The molecule has 0 amide bonds. The van der Waals surface area contributed by atoms with Gasteiger partial charge in [-0.25, -0.2) is 0 Å². The summed E-state index contributed by atoms with van der Waals surface area (Å²) in [6, 6.07) is 0. The highest BCUT2D eigenvalue weighted by molar-refractivity contribution is 5.56. The summed E-state index contributed by atoms with van der Waals surface area (Å²) in [5.41, 5.74) is 0. The van der Waals surface area contributed by atoms with E-state index in [0.29, 0.717) is 0 Å². The largest absolute Gasteiger partial charge is 0.394 e. The lowest BCUT2D eigenvalue weighted by Crippen LogP contribution is -2.49. The average Bonchev–Trinajstić information content (AvgIpc) is 2.84. The maximum atomic E-state index is 10.4. The Morgan fingerprint density at radius 2 is 1.61 bits per heavy atom. The number of carbonyl (C=O) groups is 1. The van der Waals surface area contributed by atoms with Crippen molar-refractivity contribution in [3.05, 3.63) is 0 Å². The number of aldehydes is 1. The molecule has 1 aliphatic heterocycles. The van der Waals surface area contributed by atoms with Crippen LogP contribution in [0.3, 0.4) is 0 Å². The molecule has 136 valence electrons. The maximum Gasteiger partial charge on any atom is 0.187 e. The summed E-state index contributed by atoms with van der Waals surface area (Å²) in [6.45, 7) is -1.63. The summed E-state index contributed by atoms with van der Waals surface area (Å²) >= 11 is 0. The first-order valence-corrected chi connectivity index (χ1v) is 6.84. The average molecular weight is 342 g/mol. The quantitative estimate of drug-likeness (QED) is 0.186. The molecule has 11 nitrogen and oxygen atoms in total. The van der Waals surface area contributed by atoms with E-state index in [-0.39, 0.29) is 6.29 Å². The number of rotatable bonds is 9. The summed E-state index contributed by atoms with van der Waals surface area (Å²) in [4.78, 5) is 10.4. The first-order valence-electron chi connectivity index (χ1n) is 6.84. The summed E-state index contributed by atoms with van der Waals surface area (Å²) in [7, 11) is 0. The third kappa shape index (κ3) is 4.64. The number of aliphatic hydroxyl groups excluding tert-OH is 8. The highest BCUT2D eigenvalue weighted by Crippen LogP contribution is 2.26. The van der Waals surface area contributed by atoms with Crippen molar-refractivity contribution in [1.29, 1.82) is 0 Å². The Morgan fingerprint density at radius 1 is 1.00 bits per heavy atom. The minimum atomic E-state index is -1.97. The molecule has 0 radical (unpaired) electrons. The molecule has 1 rings (SSSR count). The number of carbonyl (C=O) groups excluding carboxylic acids is 1. The van der Waals surface area contributed by atoms with E-state index in [1.807, 2.05) is 0 Å².